The van der Waals surface area contributed by atoms with Gasteiger partial charge in [0, 0.05) is 22.3 Å². The van der Waals surface area contributed by atoms with Crippen molar-refractivity contribution < 1.29 is 31.7 Å². The van der Waals surface area contributed by atoms with Crippen LogP contribution >= 0.6 is 0 Å². The van der Waals surface area contributed by atoms with Gasteiger partial charge in [-0.1, -0.05) is 13.3 Å². The lowest BCUT2D eigenvalue weighted by molar-refractivity contribution is -0.405. The third-order valence-electron chi connectivity index (χ3n) is 3.73. The number of aliphatic hydroxyl groups excluding tert-OH is 1. The van der Waals surface area contributed by atoms with Crippen LogP contribution in [0.5, 0.6) is 0 Å². The highest BCUT2D eigenvalue weighted by atomic mass is 28.5. The zero-order valence-electron chi connectivity index (χ0n) is 23.4. The molecule has 0 amide bonds. The number of rotatable bonds is 15. The van der Waals surface area contributed by atoms with Crippen molar-refractivity contribution in [3.63, 3.8) is 0 Å². The summed E-state index contributed by atoms with van der Waals surface area (Å²) in [6, 6.07) is 0. The molecular formula is C19H51O7Si6. The van der Waals surface area contributed by atoms with Gasteiger partial charge in [0.1, 0.15) is 0 Å². The van der Waals surface area contributed by atoms with Crippen LogP contribution in [0.3, 0.4) is 0 Å². The maximum atomic E-state index is 11.6. The molecule has 0 saturated carbocycles. The van der Waals surface area contributed by atoms with E-state index in [2.05, 4.69) is 65.8 Å². The van der Waals surface area contributed by atoms with Gasteiger partial charge in [0.15, 0.2) is 25.0 Å². The molecule has 32 heavy (non-hydrogen) atoms. The zero-order chi connectivity index (χ0) is 25.8. The summed E-state index contributed by atoms with van der Waals surface area (Å²) >= 11 is 0. The van der Waals surface area contributed by atoms with Crippen LogP contribution in [0.4, 0.5) is 0 Å². The average Bonchev–Trinajstić information content (AvgIpc) is 2.44. The molecule has 0 saturated heterocycles. The Kier molecular flexibility index (Phi) is 12.2. The Labute approximate surface area is 206 Å². The largest absolute Gasteiger partial charge is 0.478 e. The molecule has 0 aliphatic carbocycles. The van der Waals surface area contributed by atoms with Gasteiger partial charge in [0.25, 0.3) is 0 Å². The molecule has 0 aromatic heterocycles. The first-order chi connectivity index (χ1) is 13.9. The molecule has 2 unspecified atom stereocenters. The number of hydrogen-bond donors (Lipinski definition) is 1. The summed E-state index contributed by atoms with van der Waals surface area (Å²) in [4.78, 5) is 6.08. The second-order valence-corrected chi connectivity index (χ2v) is 34.5. The fourth-order valence-corrected chi connectivity index (χ4v) is 16.2. The van der Waals surface area contributed by atoms with E-state index >= 15 is 0 Å². The Bertz CT molecular complexity index is 552. The van der Waals surface area contributed by atoms with Crippen LogP contribution in [0, 0.1) is 5.54 Å². The maximum absolute atomic E-state index is 11.6. The van der Waals surface area contributed by atoms with Gasteiger partial charge in [0.05, 0.1) is 0 Å². The molecule has 0 aliphatic rings. The molecule has 7 nitrogen and oxygen atoms in total. The van der Waals surface area contributed by atoms with Crippen molar-refractivity contribution in [1.29, 1.82) is 0 Å². The molecule has 0 aromatic carbocycles. The summed E-state index contributed by atoms with van der Waals surface area (Å²) < 4.78 is 31.8. The Balaban J connectivity index is 6.39. The van der Waals surface area contributed by atoms with Gasteiger partial charge in [-0.05, 0) is 85.0 Å². The van der Waals surface area contributed by atoms with E-state index in [1.165, 1.54) is 0 Å². The van der Waals surface area contributed by atoms with Crippen LogP contribution in [-0.2, 0) is 26.5 Å². The molecule has 0 heterocycles. The first-order valence-electron chi connectivity index (χ1n) is 11.6. The van der Waals surface area contributed by atoms with E-state index < -0.39 is 54.2 Å². The minimum absolute atomic E-state index is 0.660. The average molecular weight is 560 g/mol. The summed E-state index contributed by atoms with van der Waals surface area (Å²) in [6.45, 7) is 28.9. The topological polar surface area (TPSA) is 75.6 Å². The minimum Gasteiger partial charge on any atom is -0.416 e. The lowest BCUT2D eigenvalue weighted by Crippen LogP contribution is -2.64. The fourth-order valence-electron chi connectivity index (χ4n) is 3.13. The van der Waals surface area contributed by atoms with Crippen LogP contribution in [0.1, 0.15) is 19.8 Å². The third-order valence-corrected chi connectivity index (χ3v) is 14.9. The van der Waals surface area contributed by atoms with Gasteiger partial charge in [-0.3, -0.25) is 4.58 Å². The lowest BCUT2D eigenvalue weighted by atomic mass is 10.1. The van der Waals surface area contributed by atoms with E-state index in [0.717, 1.165) is 18.4 Å². The molecule has 0 aliphatic heterocycles. The molecule has 0 rings (SSSR count). The summed E-state index contributed by atoms with van der Waals surface area (Å²) in [5, 5.41) is 11.6. The van der Waals surface area contributed by atoms with Crippen LogP contribution in [0.25, 0.3) is 0 Å². The molecule has 1 N–H and O–H groups in total. The van der Waals surface area contributed by atoms with Gasteiger partial charge >= 0.3 is 8.80 Å². The molecule has 2 atom stereocenters. The first kappa shape index (κ1) is 33.0. The van der Waals surface area contributed by atoms with Crippen LogP contribution in [0.15, 0.2) is 0 Å². The first-order valence-corrected chi connectivity index (χ1v) is 28.5. The quantitative estimate of drug-likeness (QED) is 0.136. The van der Waals surface area contributed by atoms with Gasteiger partial charge in [-0.15, -0.1) is 0 Å². The molecule has 193 valence electrons. The van der Waals surface area contributed by atoms with Gasteiger partial charge < -0.3 is 22.2 Å². The van der Waals surface area contributed by atoms with Crippen LogP contribution in [0.2, 0.25) is 85.1 Å². The lowest BCUT2D eigenvalue weighted by Gasteiger charge is -2.47. The van der Waals surface area contributed by atoms with E-state index in [9.17, 15) is 5.11 Å². The molecule has 1 radical (unpaired) electrons. The SMILES string of the molecule is CCC[C]([SiH3])C(OO[Si](C)(C)C)(O[Si](C)(C)C)C(O)O[Si](C)(O[Si](C)(C)C)O[Si](C)(C)C. The predicted octanol–water partition coefficient (Wildman–Crippen LogP) is 4.62. The summed E-state index contributed by atoms with van der Waals surface area (Å²) in [6.07, 6.45) is 0.243. The fraction of sp³-hybridized carbons (Fsp3) is 0.947. The smallest absolute Gasteiger partial charge is 0.416 e. The molecule has 0 fully saturated rings. The Morgan fingerprint density at radius 2 is 1.22 bits per heavy atom. The predicted molar refractivity (Wildman–Crippen MR) is 148 cm³/mol. The summed E-state index contributed by atoms with van der Waals surface area (Å²) in [5.41, 5.74) is 0.963. The maximum Gasteiger partial charge on any atom is 0.478 e. The van der Waals surface area contributed by atoms with Crippen molar-refractivity contribution in [2.45, 2.75) is 117 Å². The van der Waals surface area contributed by atoms with Crippen molar-refractivity contribution in [3.8, 4) is 0 Å². The number of hydrogen-bond acceptors (Lipinski definition) is 7. The van der Waals surface area contributed by atoms with Crippen molar-refractivity contribution in [3.05, 3.63) is 5.54 Å². The molecular weight excluding hydrogens is 509 g/mol. The zero-order valence-corrected chi connectivity index (χ0v) is 30.4. The second kappa shape index (κ2) is 11.8. The van der Waals surface area contributed by atoms with Gasteiger partial charge in [-0.25, -0.2) is 4.89 Å². The molecule has 0 bridgehead atoms. The minimum atomic E-state index is -3.23. The van der Waals surface area contributed by atoms with Crippen molar-refractivity contribution in [2.24, 2.45) is 0 Å². The van der Waals surface area contributed by atoms with Gasteiger partial charge in [0.2, 0.25) is 20.4 Å². The molecule has 13 heteroatoms. The van der Waals surface area contributed by atoms with Crippen LogP contribution in [-0.4, -0.2) is 69.5 Å². The second-order valence-electron chi connectivity index (χ2n) is 12.5. The van der Waals surface area contributed by atoms with Crippen molar-refractivity contribution in [1.82, 2.24) is 0 Å². The normalized spacial score (nSPS) is 17.6. The molecule has 0 aromatic rings. The van der Waals surface area contributed by atoms with Crippen molar-refractivity contribution in [2.75, 3.05) is 0 Å². The summed E-state index contributed by atoms with van der Waals surface area (Å²) in [7, 11) is -10.9. The molecule has 0 spiro atoms. The Hall–Kier alpha value is 1.02. The Morgan fingerprint density at radius 3 is 1.53 bits per heavy atom. The van der Waals surface area contributed by atoms with Gasteiger partial charge in [-0.2, -0.15) is 0 Å². The highest BCUT2D eigenvalue weighted by Gasteiger charge is 2.55. The highest BCUT2D eigenvalue weighted by molar-refractivity contribution is 6.85. The monoisotopic (exact) mass is 559 g/mol. The highest BCUT2D eigenvalue weighted by Crippen LogP contribution is 2.38. The van der Waals surface area contributed by atoms with Crippen molar-refractivity contribution >= 4 is 52.3 Å². The van der Waals surface area contributed by atoms with E-state index in [-0.39, 0.29) is 0 Å². The van der Waals surface area contributed by atoms with E-state index in [0.29, 0.717) is 10.2 Å². The Morgan fingerprint density at radius 1 is 0.781 bits per heavy atom. The number of aliphatic hydroxyl groups is 1. The van der Waals surface area contributed by atoms with E-state index in [1.807, 2.05) is 26.2 Å². The summed E-state index contributed by atoms with van der Waals surface area (Å²) in [5.74, 6) is -1.49. The standard InChI is InChI=1S/C19H51O7Si6/c1-15-16-17(27)19(23-28(2,3)4,22-24-29(5,6)7)18(20)21-32(14,25-30(8,9)10)26-31(11,12)13/h18,20H,15-16H2,1-14,27H3. The van der Waals surface area contributed by atoms with E-state index in [4.69, 9.17) is 26.5 Å². The van der Waals surface area contributed by atoms with Crippen LogP contribution < -0.4 is 0 Å². The van der Waals surface area contributed by atoms with E-state index in [1.54, 1.807) is 0 Å². The third kappa shape index (κ3) is 13.2.